The number of nitro groups is 2. The van der Waals surface area contributed by atoms with E-state index in [-0.39, 0.29) is 40.9 Å². The van der Waals surface area contributed by atoms with Crippen molar-refractivity contribution in [1.29, 1.82) is 0 Å². The molecule has 0 bridgehead atoms. The van der Waals surface area contributed by atoms with E-state index in [0.29, 0.717) is 0 Å². The summed E-state index contributed by atoms with van der Waals surface area (Å²) in [5, 5.41) is 28.8. The van der Waals surface area contributed by atoms with Gasteiger partial charge in [0, 0.05) is 12.1 Å². The summed E-state index contributed by atoms with van der Waals surface area (Å²) in [4.78, 5) is 34.5. The summed E-state index contributed by atoms with van der Waals surface area (Å²) in [6, 6.07) is 0.321. The molecule has 1 aromatic rings. The van der Waals surface area contributed by atoms with Crippen LogP contribution in [0.5, 0.6) is 5.75 Å². The first kappa shape index (κ1) is 23.1. The molecule has 28 heavy (non-hydrogen) atoms. The third-order valence-corrected chi connectivity index (χ3v) is 4.79. The van der Waals surface area contributed by atoms with Crippen molar-refractivity contribution in [2.45, 2.75) is 53.6 Å². The van der Waals surface area contributed by atoms with Gasteiger partial charge in [-0.2, -0.15) is 0 Å². The molecule has 0 aliphatic carbocycles. The zero-order chi connectivity index (χ0) is 21.8. The van der Waals surface area contributed by atoms with Gasteiger partial charge in [0.25, 0.3) is 11.6 Å². The van der Waals surface area contributed by atoms with Crippen LogP contribution in [-0.2, 0) is 0 Å². The van der Waals surface area contributed by atoms with E-state index < -0.39 is 27.1 Å². The first-order chi connectivity index (χ1) is 12.9. The van der Waals surface area contributed by atoms with Crippen LogP contribution in [0.1, 0.15) is 51.9 Å². The van der Waals surface area contributed by atoms with E-state index in [4.69, 9.17) is 4.74 Å². The number of carbonyl (C=O) groups is 1. The second kappa shape index (κ2) is 9.34. The third-order valence-electron chi connectivity index (χ3n) is 4.79. The number of benzene rings is 1. The molecule has 2 atom stereocenters. The largest absolute Gasteiger partial charge is 0.490 e. The van der Waals surface area contributed by atoms with E-state index >= 15 is 0 Å². The lowest BCUT2D eigenvalue weighted by Gasteiger charge is -2.23. The van der Waals surface area contributed by atoms with Crippen molar-refractivity contribution in [1.82, 2.24) is 5.32 Å². The minimum absolute atomic E-state index is 0.0892. The molecule has 0 fully saturated rings. The number of ether oxygens (including phenoxy) is 1. The maximum Gasteiger partial charge on any atom is 0.318 e. The number of anilines is 1. The zero-order valence-corrected chi connectivity index (χ0v) is 17.2. The van der Waals surface area contributed by atoms with Gasteiger partial charge in [0.2, 0.25) is 5.75 Å². The Morgan fingerprint density at radius 1 is 0.964 bits per heavy atom. The van der Waals surface area contributed by atoms with Crippen molar-refractivity contribution in [3.8, 4) is 5.75 Å². The molecule has 0 aromatic heterocycles. The molecule has 2 N–H and O–H groups in total. The number of methoxy groups -OCH3 is 1. The Kier molecular flexibility index (Phi) is 7.71. The molecule has 156 valence electrons. The van der Waals surface area contributed by atoms with E-state index in [1.54, 1.807) is 13.8 Å². The zero-order valence-electron chi connectivity index (χ0n) is 17.2. The van der Waals surface area contributed by atoms with Crippen LogP contribution in [-0.4, -0.2) is 34.9 Å². The fourth-order valence-corrected chi connectivity index (χ4v) is 2.33. The Balaban J connectivity index is 3.79. The molecule has 0 spiro atoms. The molecule has 10 nitrogen and oxygen atoms in total. The van der Waals surface area contributed by atoms with Crippen LogP contribution in [0.3, 0.4) is 0 Å². The lowest BCUT2D eigenvalue weighted by Crippen LogP contribution is -2.37. The monoisotopic (exact) mass is 396 g/mol. The second-order valence-corrected chi connectivity index (χ2v) is 7.40. The van der Waals surface area contributed by atoms with E-state index in [2.05, 4.69) is 10.6 Å². The molecule has 2 unspecified atom stereocenters. The SMILES string of the molecule is COc1c([N+](=O)[O-])cc([N+](=O)[O-])c(NC(C)C(C)C)c1C(=O)NC(C)C(C)C. The normalized spacial score (nSPS) is 13.2. The number of hydrogen-bond acceptors (Lipinski definition) is 7. The van der Waals surface area contributed by atoms with E-state index in [0.717, 1.165) is 6.07 Å². The minimum atomic E-state index is -0.801. The number of nitrogens with one attached hydrogen (secondary N) is 2. The topological polar surface area (TPSA) is 137 Å². The predicted octanol–water partition coefficient (Wildman–Crippen LogP) is 3.74. The highest BCUT2D eigenvalue weighted by atomic mass is 16.6. The van der Waals surface area contributed by atoms with Crippen LogP contribution in [0.4, 0.5) is 17.1 Å². The Hall–Kier alpha value is -2.91. The Morgan fingerprint density at radius 3 is 1.86 bits per heavy atom. The highest BCUT2D eigenvalue weighted by molar-refractivity contribution is 6.06. The molecule has 0 saturated heterocycles. The molecular formula is C18H28N4O6. The van der Waals surface area contributed by atoms with Crippen molar-refractivity contribution in [2.75, 3.05) is 12.4 Å². The van der Waals surface area contributed by atoms with Crippen LogP contribution in [0.25, 0.3) is 0 Å². The maximum atomic E-state index is 13.0. The smallest absolute Gasteiger partial charge is 0.318 e. The summed E-state index contributed by atoms with van der Waals surface area (Å²) in [5.74, 6) is -0.813. The summed E-state index contributed by atoms with van der Waals surface area (Å²) >= 11 is 0. The molecule has 0 heterocycles. The summed E-state index contributed by atoms with van der Waals surface area (Å²) in [5.41, 5.74) is -1.54. The van der Waals surface area contributed by atoms with Gasteiger partial charge in [-0.15, -0.1) is 0 Å². The lowest BCUT2D eigenvalue weighted by molar-refractivity contribution is -0.394. The van der Waals surface area contributed by atoms with Gasteiger partial charge >= 0.3 is 5.69 Å². The lowest BCUT2D eigenvalue weighted by atomic mass is 10.0. The van der Waals surface area contributed by atoms with Crippen LogP contribution in [0.2, 0.25) is 0 Å². The Labute approximate surface area is 163 Å². The number of nitrogens with zero attached hydrogens (tertiary/aromatic N) is 2. The van der Waals surface area contributed by atoms with E-state index in [1.165, 1.54) is 7.11 Å². The highest BCUT2D eigenvalue weighted by Crippen LogP contribution is 2.43. The number of carbonyl (C=O) groups excluding carboxylic acids is 1. The van der Waals surface area contributed by atoms with Crippen molar-refractivity contribution >= 4 is 23.0 Å². The molecule has 0 aliphatic heterocycles. The minimum Gasteiger partial charge on any atom is -0.490 e. The van der Waals surface area contributed by atoms with Crippen molar-refractivity contribution in [3.05, 3.63) is 31.9 Å². The summed E-state index contributed by atoms with van der Waals surface area (Å²) in [6.07, 6.45) is 0. The van der Waals surface area contributed by atoms with Crippen molar-refractivity contribution < 1.29 is 19.4 Å². The number of amides is 1. The number of nitro benzene ring substituents is 2. The van der Waals surface area contributed by atoms with Crippen molar-refractivity contribution in [3.63, 3.8) is 0 Å². The third kappa shape index (κ3) is 5.08. The van der Waals surface area contributed by atoms with Crippen LogP contribution in [0.15, 0.2) is 6.07 Å². The van der Waals surface area contributed by atoms with E-state index in [1.807, 2.05) is 27.7 Å². The fourth-order valence-electron chi connectivity index (χ4n) is 2.33. The average molecular weight is 396 g/mol. The van der Waals surface area contributed by atoms with Gasteiger partial charge in [-0.1, -0.05) is 27.7 Å². The Bertz CT molecular complexity index is 763. The van der Waals surface area contributed by atoms with Gasteiger partial charge in [-0.05, 0) is 25.7 Å². The molecule has 0 aliphatic rings. The van der Waals surface area contributed by atoms with Crippen LogP contribution < -0.4 is 15.4 Å². The number of rotatable bonds is 9. The van der Waals surface area contributed by atoms with Gasteiger partial charge < -0.3 is 15.4 Å². The first-order valence-corrected chi connectivity index (χ1v) is 9.03. The Morgan fingerprint density at radius 2 is 1.46 bits per heavy atom. The summed E-state index contributed by atoms with van der Waals surface area (Å²) in [6.45, 7) is 11.2. The molecule has 0 saturated carbocycles. The standard InChI is InChI=1S/C18H28N4O6/c1-9(2)11(5)19-16-13(21(24)25)8-14(22(26)27)17(28-7)15(16)18(23)20-12(6)10(3)4/h8-12,19H,1-7H3,(H,20,23). The van der Waals surface area contributed by atoms with Crippen LogP contribution in [0, 0.1) is 32.1 Å². The quantitative estimate of drug-likeness (QED) is 0.479. The molecule has 0 radical (unpaired) electrons. The first-order valence-electron chi connectivity index (χ1n) is 9.03. The predicted molar refractivity (Wildman–Crippen MR) is 106 cm³/mol. The fraction of sp³-hybridized carbons (Fsp3) is 0.611. The second-order valence-electron chi connectivity index (χ2n) is 7.40. The van der Waals surface area contributed by atoms with Crippen LogP contribution >= 0.6 is 0 Å². The molecular weight excluding hydrogens is 368 g/mol. The average Bonchev–Trinajstić information content (AvgIpc) is 2.59. The molecule has 10 heteroatoms. The van der Waals surface area contributed by atoms with Gasteiger partial charge in [0.1, 0.15) is 17.3 Å². The molecule has 1 amide bonds. The summed E-state index contributed by atoms with van der Waals surface area (Å²) < 4.78 is 5.15. The molecule has 1 aromatic carbocycles. The number of hydrogen-bond donors (Lipinski definition) is 2. The van der Waals surface area contributed by atoms with Gasteiger partial charge in [-0.25, -0.2) is 0 Å². The van der Waals surface area contributed by atoms with Gasteiger partial charge in [0.05, 0.1) is 17.0 Å². The maximum absolute atomic E-state index is 13.0. The molecule has 1 rings (SSSR count). The highest BCUT2D eigenvalue weighted by Gasteiger charge is 2.35. The summed E-state index contributed by atoms with van der Waals surface area (Å²) in [7, 11) is 1.19. The van der Waals surface area contributed by atoms with Gasteiger partial charge in [0.15, 0.2) is 0 Å². The van der Waals surface area contributed by atoms with Gasteiger partial charge in [-0.3, -0.25) is 25.0 Å². The van der Waals surface area contributed by atoms with Crippen molar-refractivity contribution in [2.24, 2.45) is 11.8 Å². The van der Waals surface area contributed by atoms with E-state index in [9.17, 15) is 25.0 Å².